The fourth-order valence-corrected chi connectivity index (χ4v) is 4.22. The molecule has 1 N–H and O–H groups in total. The smallest absolute Gasteiger partial charge is 0.265 e. The first-order valence-corrected chi connectivity index (χ1v) is 10.3. The Labute approximate surface area is 173 Å². The molecule has 0 saturated carbocycles. The average molecular weight is 409 g/mol. The van der Waals surface area contributed by atoms with Gasteiger partial charge >= 0.3 is 0 Å². The number of carbonyl (C=O) groups is 1. The molecule has 0 saturated heterocycles. The van der Waals surface area contributed by atoms with Crippen LogP contribution in [0.3, 0.4) is 0 Å². The van der Waals surface area contributed by atoms with Crippen molar-refractivity contribution in [3.8, 4) is 17.1 Å². The molecular formula is C22H21ClN4O2. The first-order chi connectivity index (χ1) is 14.2. The zero-order valence-electron chi connectivity index (χ0n) is 15.9. The third-order valence-electron chi connectivity index (χ3n) is 5.49. The predicted molar refractivity (Wildman–Crippen MR) is 111 cm³/mol. The first kappa shape index (κ1) is 18.2. The molecule has 29 heavy (non-hydrogen) atoms. The molecule has 0 aliphatic carbocycles. The maximum Gasteiger partial charge on any atom is 0.265 e. The van der Waals surface area contributed by atoms with Crippen LogP contribution in [0, 0.1) is 0 Å². The molecule has 0 bridgehead atoms. The van der Waals surface area contributed by atoms with Gasteiger partial charge in [-0.05, 0) is 48.7 Å². The molecule has 0 unspecified atom stereocenters. The van der Waals surface area contributed by atoms with E-state index < -0.39 is 6.10 Å². The summed E-state index contributed by atoms with van der Waals surface area (Å²) in [5, 5.41) is 12.4. The van der Waals surface area contributed by atoms with Crippen molar-refractivity contribution in [3.05, 3.63) is 58.9 Å². The summed E-state index contributed by atoms with van der Waals surface area (Å²) < 4.78 is 7.99. The Bertz CT molecular complexity index is 1080. The summed E-state index contributed by atoms with van der Waals surface area (Å²) in [7, 11) is 0. The lowest BCUT2D eigenvalue weighted by Crippen LogP contribution is -2.31. The summed E-state index contributed by atoms with van der Waals surface area (Å²) in [6.07, 6.45) is 4.43. The van der Waals surface area contributed by atoms with Gasteiger partial charge in [-0.1, -0.05) is 30.2 Å². The molecule has 2 aliphatic rings. The van der Waals surface area contributed by atoms with Crippen LogP contribution in [0.1, 0.15) is 30.7 Å². The van der Waals surface area contributed by atoms with Crippen molar-refractivity contribution < 1.29 is 9.53 Å². The lowest BCUT2D eigenvalue weighted by molar-refractivity contribution is -0.122. The molecule has 3 aromatic rings. The van der Waals surface area contributed by atoms with E-state index in [1.807, 2.05) is 36.4 Å². The van der Waals surface area contributed by atoms with Crippen molar-refractivity contribution in [1.29, 1.82) is 0 Å². The third-order valence-corrected chi connectivity index (χ3v) is 5.72. The topological polar surface area (TPSA) is 69.0 Å². The summed E-state index contributed by atoms with van der Waals surface area (Å²) in [4.78, 5) is 12.7. The van der Waals surface area contributed by atoms with Gasteiger partial charge in [-0.25, -0.2) is 0 Å². The molecule has 1 atom stereocenters. The first-order valence-electron chi connectivity index (χ1n) is 9.96. The van der Waals surface area contributed by atoms with Gasteiger partial charge in [0.05, 0.1) is 0 Å². The molecule has 148 valence electrons. The van der Waals surface area contributed by atoms with E-state index in [4.69, 9.17) is 16.3 Å². The van der Waals surface area contributed by atoms with Crippen LogP contribution in [0.25, 0.3) is 11.4 Å². The Kier molecular flexibility index (Phi) is 4.72. The number of hydrogen-bond acceptors (Lipinski definition) is 4. The van der Waals surface area contributed by atoms with Gasteiger partial charge in [0.2, 0.25) is 0 Å². The molecule has 6 nitrogen and oxygen atoms in total. The highest BCUT2D eigenvalue weighted by Gasteiger charge is 2.29. The summed E-state index contributed by atoms with van der Waals surface area (Å²) in [6, 6.07) is 13.2. The number of amides is 1. The molecule has 2 aromatic carbocycles. The van der Waals surface area contributed by atoms with Crippen molar-refractivity contribution in [1.82, 2.24) is 14.8 Å². The van der Waals surface area contributed by atoms with Gasteiger partial charge in [-0.2, -0.15) is 0 Å². The number of ether oxygens (including phenoxy) is 1. The van der Waals surface area contributed by atoms with E-state index in [0.29, 0.717) is 11.4 Å². The Morgan fingerprint density at radius 2 is 2.07 bits per heavy atom. The zero-order valence-corrected chi connectivity index (χ0v) is 16.7. The number of carbonyl (C=O) groups excluding carboxylic acids is 1. The van der Waals surface area contributed by atoms with Gasteiger partial charge < -0.3 is 14.6 Å². The molecule has 5 rings (SSSR count). The Morgan fingerprint density at radius 1 is 1.14 bits per heavy atom. The van der Waals surface area contributed by atoms with E-state index >= 15 is 0 Å². The minimum Gasteiger partial charge on any atom is -0.480 e. The van der Waals surface area contributed by atoms with E-state index in [9.17, 15) is 4.79 Å². The second-order valence-electron chi connectivity index (χ2n) is 7.53. The number of fused-ring (bicyclic) bond motifs is 2. The summed E-state index contributed by atoms with van der Waals surface area (Å²) in [5.74, 6) is 2.45. The predicted octanol–water partition coefficient (Wildman–Crippen LogP) is 4.27. The van der Waals surface area contributed by atoms with Gasteiger partial charge in [0.25, 0.3) is 5.91 Å². The van der Waals surface area contributed by atoms with Crippen molar-refractivity contribution in [3.63, 3.8) is 0 Å². The Balaban J connectivity index is 1.33. The lowest BCUT2D eigenvalue weighted by atomic mass is 10.1. The van der Waals surface area contributed by atoms with Gasteiger partial charge in [0, 0.05) is 35.7 Å². The summed E-state index contributed by atoms with van der Waals surface area (Å²) >= 11 is 6.04. The minimum absolute atomic E-state index is 0.172. The molecule has 2 aliphatic heterocycles. The summed E-state index contributed by atoms with van der Waals surface area (Å²) in [5.41, 5.74) is 2.62. The molecular weight excluding hydrogens is 388 g/mol. The van der Waals surface area contributed by atoms with Crippen LogP contribution in [0.2, 0.25) is 5.02 Å². The number of halogens is 1. The van der Waals surface area contributed by atoms with E-state index in [1.165, 1.54) is 6.42 Å². The highest BCUT2D eigenvalue weighted by atomic mass is 35.5. The van der Waals surface area contributed by atoms with Gasteiger partial charge in [0.15, 0.2) is 11.9 Å². The highest BCUT2D eigenvalue weighted by molar-refractivity contribution is 6.30. The number of anilines is 1. The molecule has 0 radical (unpaired) electrons. The number of nitrogens with zero attached hydrogens (tertiary/aromatic N) is 3. The van der Waals surface area contributed by atoms with E-state index in [0.717, 1.165) is 60.0 Å². The molecule has 3 heterocycles. The minimum atomic E-state index is -0.559. The van der Waals surface area contributed by atoms with Gasteiger partial charge in [0.1, 0.15) is 11.6 Å². The number of rotatable bonds is 3. The second kappa shape index (κ2) is 7.52. The van der Waals surface area contributed by atoms with E-state index in [-0.39, 0.29) is 5.91 Å². The van der Waals surface area contributed by atoms with E-state index in [1.54, 1.807) is 6.07 Å². The van der Waals surface area contributed by atoms with Crippen molar-refractivity contribution in [2.24, 2.45) is 0 Å². The zero-order chi connectivity index (χ0) is 19.8. The fourth-order valence-electron chi connectivity index (χ4n) is 4.02. The molecule has 0 spiro atoms. The van der Waals surface area contributed by atoms with E-state index in [2.05, 4.69) is 20.1 Å². The van der Waals surface area contributed by atoms with Crippen LogP contribution in [0.5, 0.6) is 5.75 Å². The third kappa shape index (κ3) is 3.60. The number of benzene rings is 2. The van der Waals surface area contributed by atoms with Gasteiger partial charge in [-0.15, -0.1) is 10.2 Å². The second-order valence-corrected chi connectivity index (χ2v) is 7.97. The standard InChI is InChI=1S/C22H21ClN4O2/c23-16-8-9-18-15(11-16)13-19(29-18)22(28)24-17-6-4-5-14(12-17)21-26-25-20-7-2-1-3-10-27(20)21/h4-6,8-9,11-12,19H,1-3,7,10,13H2,(H,24,28)/t19-/m1/s1. The lowest BCUT2D eigenvalue weighted by Gasteiger charge is -2.12. The largest absolute Gasteiger partial charge is 0.480 e. The number of aromatic nitrogens is 3. The van der Waals surface area contributed by atoms with Crippen LogP contribution < -0.4 is 10.1 Å². The Morgan fingerprint density at radius 3 is 3.00 bits per heavy atom. The fraction of sp³-hybridized carbons (Fsp3) is 0.318. The number of aryl methyl sites for hydroxylation is 1. The highest BCUT2D eigenvalue weighted by Crippen LogP contribution is 2.32. The monoisotopic (exact) mass is 408 g/mol. The Hall–Kier alpha value is -2.86. The van der Waals surface area contributed by atoms with Crippen LogP contribution in [0.4, 0.5) is 5.69 Å². The molecule has 7 heteroatoms. The normalized spacial score (nSPS) is 17.8. The van der Waals surface area contributed by atoms with Crippen LogP contribution in [0.15, 0.2) is 42.5 Å². The van der Waals surface area contributed by atoms with Crippen LogP contribution in [-0.2, 0) is 24.2 Å². The SMILES string of the molecule is O=C(Nc1cccc(-c2nnc3n2CCCCC3)c1)[C@H]1Cc2cc(Cl)ccc2O1. The molecule has 1 amide bonds. The van der Waals surface area contributed by atoms with Crippen molar-refractivity contribution in [2.45, 2.75) is 44.8 Å². The maximum absolute atomic E-state index is 12.7. The van der Waals surface area contributed by atoms with Crippen molar-refractivity contribution >= 4 is 23.2 Å². The average Bonchev–Trinajstić information content (AvgIpc) is 3.25. The van der Waals surface area contributed by atoms with Crippen molar-refractivity contribution in [2.75, 3.05) is 5.32 Å². The molecule has 1 aromatic heterocycles. The van der Waals surface area contributed by atoms with Crippen LogP contribution >= 0.6 is 11.6 Å². The quantitative estimate of drug-likeness (QED) is 0.702. The molecule has 0 fully saturated rings. The number of nitrogens with one attached hydrogen (secondary N) is 1. The van der Waals surface area contributed by atoms with Crippen LogP contribution in [-0.4, -0.2) is 26.8 Å². The maximum atomic E-state index is 12.7. The van der Waals surface area contributed by atoms with Gasteiger partial charge in [-0.3, -0.25) is 4.79 Å². The summed E-state index contributed by atoms with van der Waals surface area (Å²) in [6.45, 7) is 0.936. The number of hydrogen-bond donors (Lipinski definition) is 1.